The second-order valence-corrected chi connectivity index (χ2v) is 4.28. The van der Waals surface area contributed by atoms with E-state index in [2.05, 4.69) is 16.5 Å². The lowest BCUT2D eigenvalue weighted by Crippen LogP contribution is -2.38. The minimum atomic E-state index is 0.597. The molecule has 0 saturated heterocycles. The summed E-state index contributed by atoms with van der Waals surface area (Å²) in [5.41, 5.74) is 0. The van der Waals surface area contributed by atoms with Crippen LogP contribution in [0.25, 0.3) is 0 Å². The number of nitrogens with one attached hydrogen (secondary N) is 1. The molecule has 1 aromatic rings. The Labute approximate surface area is 121 Å². The topological polar surface area (TPSA) is 56.6 Å². The van der Waals surface area contributed by atoms with Gasteiger partial charge in [-0.3, -0.25) is 0 Å². The number of aryl methyl sites for hydroxylation is 1. The first-order valence-corrected chi connectivity index (χ1v) is 7.16. The van der Waals surface area contributed by atoms with Crippen molar-refractivity contribution in [1.29, 1.82) is 0 Å². The molecule has 116 valence electrons. The number of hydrogen-bond donors (Lipinski definition) is 1. The van der Waals surface area contributed by atoms with Gasteiger partial charge in [0.25, 0.3) is 5.82 Å². The fraction of sp³-hybridized carbons (Fsp3) is 0.786. The molecule has 0 aliphatic rings. The molecule has 1 heterocycles. The van der Waals surface area contributed by atoms with E-state index in [1.807, 2.05) is 12.4 Å². The van der Waals surface area contributed by atoms with Gasteiger partial charge in [0.1, 0.15) is 18.9 Å². The zero-order valence-electron chi connectivity index (χ0n) is 12.6. The van der Waals surface area contributed by atoms with Gasteiger partial charge in [0, 0.05) is 13.5 Å². The fourth-order valence-corrected chi connectivity index (χ4v) is 1.76. The third-order valence-corrected chi connectivity index (χ3v) is 2.84. The minimum absolute atomic E-state index is 0.597. The Bertz CT molecular complexity index is 331. The highest BCUT2D eigenvalue weighted by molar-refractivity contribution is 4.75. The number of imidazole rings is 1. The number of nitrogens with zero attached hydrogens (tertiary/aromatic N) is 1. The van der Waals surface area contributed by atoms with Crippen molar-refractivity contribution in [2.45, 2.75) is 19.9 Å². The molecule has 0 aliphatic carbocycles. The third kappa shape index (κ3) is 7.59. The maximum atomic E-state index is 5.53. The molecule has 0 aliphatic heterocycles. The first-order valence-electron chi connectivity index (χ1n) is 7.16. The largest absolute Gasteiger partial charge is 0.382 e. The summed E-state index contributed by atoms with van der Waals surface area (Å²) in [6, 6.07) is 0. The van der Waals surface area contributed by atoms with E-state index in [9.17, 15) is 0 Å². The summed E-state index contributed by atoms with van der Waals surface area (Å²) in [4.78, 5) is 3.21. The molecular weight excluding hydrogens is 260 g/mol. The minimum Gasteiger partial charge on any atom is -0.382 e. The van der Waals surface area contributed by atoms with Crippen molar-refractivity contribution in [2.24, 2.45) is 0 Å². The van der Waals surface area contributed by atoms with Crippen molar-refractivity contribution >= 4 is 0 Å². The average molecular weight is 287 g/mol. The Hall–Kier alpha value is -0.950. The zero-order chi connectivity index (χ0) is 14.5. The van der Waals surface area contributed by atoms with Gasteiger partial charge in [-0.2, -0.15) is 0 Å². The third-order valence-electron chi connectivity index (χ3n) is 2.84. The highest BCUT2D eigenvalue weighted by atomic mass is 16.6. The maximum Gasteiger partial charge on any atom is 0.253 e. The molecule has 0 fully saturated rings. The molecule has 6 nitrogen and oxygen atoms in total. The number of aromatic nitrogens is 2. The lowest BCUT2D eigenvalue weighted by atomic mass is 10.4. The number of methoxy groups -OCH3 is 1. The number of ether oxygens (including phenoxy) is 4. The maximum absolute atomic E-state index is 5.53. The van der Waals surface area contributed by atoms with E-state index in [1.165, 1.54) is 5.82 Å². The van der Waals surface area contributed by atoms with E-state index in [-0.39, 0.29) is 0 Å². The Balaban J connectivity index is 1.85. The smallest absolute Gasteiger partial charge is 0.253 e. The summed E-state index contributed by atoms with van der Waals surface area (Å²) >= 11 is 0. The van der Waals surface area contributed by atoms with Crippen molar-refractivity contribution in [1.82, 2.24) is 4.98 Å². The van der Waals surface area contributed by atoms with E-state index < -0.39 is 0 Å². The van der Waals surface area contributed by atoms with Crippen LogP contribution in [0.5, 0.6) is 0 Å². The van der Waals surface area contributed by atoms with Crippen molar-refractivity contribution in [2.75, 3.05) is 53.4 Å². The van der Waals surface area contributed by atoms with Gasteiger partial charge in [0.15, 0.2) is 0 Å². The highest BCUT2D eigenvalue weighted by Crippen LogP contribution is 1.88. The average Bonchev–Trinajstić information content (AvgIpc) is 2.92. The molecule has 20 heavy (non-hydrogen) atoms. The molecular formula is C14H27N2O4+. The fourth-order valence-electron chi connectivity index (χ4n) is 1.76. The summed E-state index contributed by atoms with van der Waals surface area (Å²) in [6.07, 6.45) is 4.99. The van der Waals surface area contributed by atoms with E-state index >= 15 is 0 Å². The Morgan fingerprint density at radius 3 is 2.15 bits per heavy atom. The molecule has 1 rings (SSSR count). The molecule has 0 saturated carbocycles. The van der Waals surface area contributed by atoms with Crippen LogP contribution in [-0.2, 0) is 31.9 Å². The predicted octanol–water partition coefficient (Wildman–Crippen LogP) is 0.561. The Morgan fingerprint density at radius 2 is 1.55 bits per heavy atom. The van der Waals surface area contributed by atoms with Crippen LogP contribution in [0.4, 0.5) is 0 Å². The monoisotopic (exact) mass is 287 g/mol. The number of hydrogen-bond acceptors (Lipinski definition) is 4. The molecule has 0 amide bonds. The molecule has 0 spiro atoms. The summed E-state index contributed by atoms with van der Waals surface area (Å²) in [5, 5.41) is 0. The lowest BCUT2D eigenvalue weighted by Gasteiger charge is -2.06. The zero-order valence-corrected chi connectivity index (χ0v) is 12.6. The van der Waals surface area contributed by atoms with Crippen molar-refractivity contribution in [3.63, 3.8) is 0 Å². The van der Waals surface area contributed by atoms with E-state index in [0.29, 0.717) is 46.2 Å². The van der Waals surface area contributed by atoms with Gasteiger partial charge in [-0.1, -0.05) is 6.92 Å². The first kappa shape index (κ1) is 17.1. The molecule has 0 atom stereocenters. The molecule has 0 bridgehead atoms. The second-order valence-electron chi connectivity index (χ2n) is 4.28. The van der Waals surface area contributed by atoms with Crippen molar-refractivity contribution in [3.05, 3.63) is 18.2 Å². The summed E-state index contributed by atoms with van der Waals surface area (Å²) in [6.45, 7) is 7.35. The van der Waals surface area contributed by atoms with Gasteiger partial charge in [0.05, 0.1) is 46.2 Å². The van der Waals surface area contributed by atoms with E-state index in [1.54, 1.807) is 7.11 Å². The summed E-state index contributed by atoms with van der Waals surface area (Å²) < 4.78 is 23.2. The van der Waals surface area contributed by atoms with Crippen LogP contribution in [0.3, 0.4) is 0 Å². The van der Waals surface area contributed by atoms with Crippen LogP contribution in [0.15, 0.2) is 12.4 Å². The Kier molecular flexibility index (Phi) is 10.1. The number of H-pyrrole nitrogens is 1. The normalized spacial score (nSPS) is 11.1. The van der Waals surface area contributed by atoms with Crippen LogP contribution < -0.4 is 4.57 Å². The standard InChI is InChI=1S/C14H26N2O4/c1-3-14-15-4-5-16(14)6-7-18-10-11-20-13-12-19-9-8-17-2/h4-5H,3,6-13H2,1-2H3/p+1. The molecule has 0 aromatic carbocycles. The Morgan fingerprint density at radius 1 is 0.950 bits per heavy atom. The van der Waals surface area contributed by atoms with E-state index in [0.717, 1.165) is 13.0 Å². The van der Waals surface area contributed by atoms with Gasteiger partial charge in [0.2, 0.25) is 0 Å². The molecule has 0 unspecified atom stereocenters. The van der Waals surface area contributed by atoms with Crippen molar-refractivity contribution < 1.29 is 23.5 Å². The van der Waals surface area contributed by atoms with Crippen LogP contribution >= 0.6 is 0 Å². The quantitative estimate of drug-likeness (QED) is 0.425. The van der Waals surface area contributed by atoms with Gasteiger partial charge >= 0.3 is 0 Å². The SMILES string of the molecule is CCc1[nH]cc[n+]1CCOCCOCCOCCOC. The van der Waals surface area contributed by atoms with Gasteiger partial charge < -0.3 is 18.9 Å². The molecule has 0 radical (unpaired) electrons. The molecule has 1 aromatic heterocycles. The summed E-state index contributed by atoms with van der Waals surface area (Å²) in [7, 11) is 1.66. The number of aromatic amines is 1. The second kappa shape index (κ2) is 11.8. The van der Waals surface area contributed by atoms with E-state index in [4.69, 9.17) is 18.9 Å². The first-order chi connectivity index (χ1) is 9.88. The van der Waals surface area contributed by atoms with Crippen molar-refractivity contribution in [3.8, 4) is 0 Å². The summed E-state index contributed by atoms with van der Waals surface area (Å²) in [5.74, 6) is 1.22. The van der Waals surface area contributed by atoms with Crippen LogP contribution in [0.1, 0.15) is 12.7 Å². The lowest BCUT2D eigenvalue weighted by molar-refractivity contribution is -0.704. The number of rotatable bonds is 13. The molecule has 6 heteroatoms. The van der Waals surface area contributed by atoms with Gasteiger partial charge in [-0.15, -0.1) is 0 Å². The van der Waals surface area contributed by atoms with Crippen LogP contribution in [-0.4, -0.2) is 58.3 Å². The van der Waals surface area contributed by atoms with Gasteiger partial charge in [-0.25, -0.2) is 9.55 Å². The van der Waals surface area contributed by atoms with Crippen LogP contribution in [0, 0.1) is 0 Å². The van der Waals surface area contributed by atoms with Gasteiger partial charge in [-0.05, 0) is 0 Å². The van der Waals surface area contributed by atoms with Crippen LogP contribution in [0.2, 0.25) is 0 Å². The predicted molar refractivity (Wildman–Crippen MR) is 74.7 cm³/mol. The highest BCUT2D eigenvalue weighted by Gasteiger charge is 2.06. The molecule has 1 N–H and O–H groups in total.